The molecule has 6 heteroatoms. The van der Waals surface area contributed by atoms with Crippen molar-refractivity contribution in [3.05, 3.63) is 28.2 Å². The van der Waals surface area contributed by atoms with E-state index < -0.39 is 24.3 Å². The minimum Gasteiger partial charge on any atom is -0.496 e. The van der Waals surface area contributed by atoms with E-state index in [1.807, 2.05) is 45.9 Å². The Hall–Kier alpha value is -0.555. The molecule has 0 amide bonds. The van der Waals surface area contributed by atoms with E-state index in [9.17, 15) is 0 Å². The number of hydrogen-bond donors (Lipinski definition) is 1. The Labute approximate surface area is 129 Å². The highest BCUT2D eigenvalue weighted by molar-refractivity contribution is 9.10. The van der Waals surface area contributed by atoms with Crippen molar-refractivity contribution >= 4 is 23.0 Å². The summed E-state index contributed by atoms with van der Waals surface area (Å²) < 4.78 is 18.3. The number of nitrogens with two attached hydrogens (primary N) is 1. The molecule has 0 unspecified atom stereocenters. The smallest absolute Gasteiger partial charge is 0.480 e. The van der Waals surface area contributed by atoms with Crippen LogP contribution in [-0.4, -0.2) is 25.4 Å². The van der Waals surface area contributed by atoms with Gasteiger partial charge in [-0.25, -0.2) is 0 Å². The second kappa shape index (κ2) is 5.33. The van der Waals surface area contributed by atoms with Crippen LogP contribution in [0.15, 0.2) is 22.7 Å². The summed E-state index contributed by atoms with van der Waals surface area (Å²) in [6.45, 7) is 8.05. The first-order valence-electron chi connectivity index (χ1n) is 6.62. The molecule has 20 heavy (non-hydrogen) atoms. The van der Waals surface area contributed by atoms with Crippen LogP contribution in [0.25, 0.3) is 0 Å². The van der Waals surface area contributed by atoms with Gasteiger partial charge in [-0.15, -0.1) is 0 Å². The van der Waals surface area contributed by atoms with E-state index in [1.54, 1.807) is 7.11 Å². The van der Waals surface area contributed by atoms with Crippen LogP contribution >= 0.6 is 15.9 Å². The third kappa shape index (κ3) is 2.75. The lowest BCUT2D eigenvalue weighted by Crippen LogP contribution is -2.41. The van der Waals surface area contributed by atoms with Crippen molar-refractivity contribution in [3.8, 4) is 5.75 Å². The van der Waals surface area contributed by atoms with Gasteiger partial charge in [-0.05, 0) is 39.8 Å². The maximum absolute atomic E-state index is 6.32. The Balaban J connectivity index is 2.27. The van der Waals surface area contributed by atoms with Crippen LogP contribution in [0, 0.1) is 0 Å². The van der Waals surface area contributed by atoms with Crippen LogP contribution in [0.5, 0.6) is 5.75 Å². The Morgan fingerprint density at radius 1 is 1.20 bits per heavy atom. The summed E-state index contributed by atoms with van der Waals surface area (Å²) in [4.78, 5) is 0. The molecule has 110 valence electrons. The Morgan fingerprint density at radius 2 is 1.75 bits per heavy atom. The van der Waals surface area contributed by atoms with E-state index in [4.69, 9.17) is 19.8 Å². The van der Waals surface area contributed by atoms with Crippen molar-refractivity contribution in [1.82, 2.24) is 0 Å². The molecule has 0 radical (unpaired) electrons. The van der Waals surface area contributed by atoms with E-state index in [-0.39, 0.29) is 0 Å². The Bertz CT molecular complexity index is 491. The fourth-order valence-electron chi connectivity index (χ4n) is 2.14. The van der Waals surface area contributed by atoms with E-state index >= 15 is 0 Å². The molecule has 1 saturated heterocycles. The van der Waals surface area contributed by atoms with Gasteiger partial charge < -0.3 is 19.8 Å². The zero-order chi connectivity index (χ0) is 15.1. The van der Waals surface area contributed by atoms with Gasteiger partial charge in [0.2, 0.25) is 0 Å². The topological polar surface area (TPSA) is 53.7 Å². The fourth-order valence-corrected chi connectivity index (χ4v) is 2.48. The van der Waals surface area contributed by atoms with E-state index in [1.165, 1.54) is 0 Å². The van der Waals surface area contributed by atoms with Crippen LogP contribution in [-0.2, 0) is 9.31 Å². The maximum Gasteiger partial charge on any atom is 0.480 e. The number of rotatable bonds is 3. The second-order valence-electron chi connectivity index (χ2n) is 6.04. The lowest BCUT2D eigenvalue weighted by atomic mass is 9.74. The zero-order valence-corrected chi connectivity index (χ0v) is 14.2. The molecular formula is C14H21BBrNO3. The van der Waals surface area contributed by atoms with Gasteiger partial charge in [0.05, 0.1) is 24.3 Å². The lowest BCUT2D eigenvalue weighted by Gasteiger charge is -2.32. The summed E-state index contributed by atoms with van der Waals surface area (Å²) in [5.74, 6) is 0.320. The largest absolute Gasteiger partial charge is 0.496 e. The molecule has 2 rings (SSSR count). The van der Waals surface area contributed by atoms with Crippen molar-refractivity contribution in [3.63, 3.8) is 0 Å². The van der Waals surface area contributed by atoms with Gasteiger partial charge in [0.25, 0.3) is 0 Å². The molecule has 4 nitrogen and oxygen atoms in total. The quantitative estimate of drug-likeness (QED) is 0.858. The normalized spacial score (nSPS) is 21.9. The predicted molar refractivity (Wildman–Crippen MR) is 83.7 cm³/mol. The van der Waals surface area contributed by atoms with Crippen molar-refractivity contribution in [1.29, 1.82) is 0 Å². The summed E-state index contributed by atoms with van der Waals surface area (Å²) >= 11 is 3.42. The van der Waals surface area contributed by atoms with Gasteiger partial charge in [-0.3, -0.25) is 0 Å². The first-order valence-corrected chi connectivity index (χ1v) is 7.42. The first-order chi connectivity index (χ1) is 9.18. The molecule has 0 bridgehead atoms. The minimum atomic E-state index is -0.491. The molecule has 1 fully saturated rings. The molecule has 1 aliphatic rings. The van der Waals surface area contributed by atoms with Gasteiger partial charge in [0, 0.05) is 10.0 Å². The van der Waals surface area contributed by atoms with Crippen LogP contribution in [0.2, 0.25) is 0 Å². The summed E-state index contributed by atoms with van der Waals surface area (Å²) in [6, 6.07) is 5.75. The molecule has 1 heterocycles. The SMILES string of the molecule is COc1cc(Br)ccc1[C@H](N)B1OC(C)(C)C(C)(C)O1. The van der Waals surface area contributed by atoms with E-state index in [2.05, 4.69) is 15.9 Å². The third-order valence-electron chi connectivity index (χ3n) is 4.12. The first kappa shape index (κ1) is 15.8. The monoisotopic (exact) mass is 341 g/mol. The fraction of sp³-hybridized carbons (Fsp3) is 0.571. The van der Waals surface area contributed by atoms with Gasteiger partial charge >= 0.3 is 7.12 Å². The molecule has 1 aromatic carbocycles. The molecule has 2 N–H and O–H groups in total. The van der Waals surface area contributed by atoms with Crippen molar-refractivity contribution < 1.29 is 14.0 Å². The van der Waals surface area contributed by atoms with Gasteiger partial charge in [-0.2, -0.15) is 0 Å². The Kier molecular flexibility index (Phi) is 4.22. The highest BCUT2D eigenvalue weighted by Gasteiger charge is 2.53. The minimum absolute atomic E-state index is 0.391. The maximum atomic E-state index is 6.32. The summed E-state index contributed by atoms with van der Waals surface area (Å²) in [5.41, 5.74) is 6.41. The van der Waals surface area contributed by atoms with Crippen molar-refractivity contribution in [2.75, 3.05) is 7.11 Å². The zero-order valence-electron chi connectivity index (χ0n) is 12.6. The molecule has 0 aliphatic carbocycles. The third-order valence-corrected chi connectivity index (χ3v) is 4.61. The Morgan fingerprint density at radius 3 is 2.25 bits per heavy atom. The van der Waals surface area contributed by atoms with Crippen molar-refractivity contribution in [2.45, 2.75) is 44.8 Å². The molecule has 1 aromatic rings. The number of hydrogen-bond acceptors (Lipinski definition) is 4. The van der Waals surface area contributed by atoms with Crippen LogP contribution in [0.3, 0.4) is 0 Å². The summed E-state index contributed by atoms with van der Waals surface area (Å²) in [7, 11) is 1.14. The highest BCUT2D eigenvalue weighted by atomic mass is 79.9. The molecule has 0 saturated carbocycles. The number of ether oxygens (including phenoxy) is 1. The van der Waals surface area contributed by atoms with Gasteiger partial charge in [-0.1, -0.05) is 22.0 Å². The standard InChI is InChI=1S/C14H21BBrNO3/c1-13(2)14(3,4)20-15(19-13)12(17)10-7-6-9(16)8-11(10)18-5/h6-8,12H,17H2,1-5H3/t12-/m0/s1. The van der Waals surface area contributed by atoms with Crippen LogP contribution in [0.4, 0.5) is 0 Å². The predicted octanol–water partition coefficient (Wildman–Crippen LogP) is 3.09. The molecule has 0 aromatic heterocycles. The average Bonchev–Trinajstić information content (AvgIpc) is 2.57. The average molecular weight is 342 g/mol. The molecule has 1 atom stereocenters. The van der Waals surface area contributed by atoms with Crippen LogP contribution in [0.1, 0.15) is 39.2 Å². The molecular weight excluding hydrogens is 321 g/mol. The van der Waals surface area contributed by atoms with Crippen LogP contribution < -0.4 is 10.5 Å². The molecule has 0 spiro atoms. The lowest BCUT2D eigenvalue weighted by molar-refractivity contribution is 0.00578. The van der Waals surface area contributed by atoms with Gasteiger partial charge in [0.1, 0.15) is 5.75 Å². The summed E-state index contributed by atoms with van der Waals surface area (Å²) in [6.07, 6.45) is 0. The number of halogens is 1. The summed E-state index contributed by atoms with van der Waals surface area (Å²) in [5, 5.41) is 0. The number of methoxy groups -OCH3 is 1. The van der Waals surface area contributed by atoms with E-state index in [0.29, 0.717) is 0 Å². The second-order valence-corrected chi connectivity index (χ2v) is 6.95. The molecule has 1 aliphatic heterocycles. The number of benzene rings is 1. The van der Waals surface area contributed by atoms with Gasteiger partial charge in [0.15, 0.2) is 0 Å². The van der Waals surface area contributed by atoms with Crippen molar-refractivity contribution in [2.24, 2.45) is 5.73 Å². The highest BCUT2D eigenvalue weighted by Crippen LogP contribution is 2.41. The van der Waals surface area contributed by atoms with E-state index in [0.717, 1.165) is 15.8 Å².